The second kappa shape index (κ2) is 1.82. The van der Waals surface area contributed by atoms with Crippen molar-refractivity contribution in [3.8, 4) is 12.3 Å². The monoisotopic (exact) mass is 108 g/mol. The molecule has 1 aliphatic rings. The van der Waals surface area contributed by atoms with Gasteiger partial charge in [-0.3, -0.25) is 0 Å². The summed E-state index contributed by atoms with van der Waals surface area (Å²) in [5.41, 5.74) is 0. The highest BCUT2D eigenvalue weighted by Crippen LogP contribution is 2.38. The van der Waals surface area contributed by atoms with Crippen LogP contribution in [-0.2, 0) is 0 Å². The van der Waals surface area contributed by atoms with E-state index in [9.17, 15) is 0 Å². The third-order valence-electron chi connectivity index (χ3n) is 2.37. The molecule has 0 heteroatoms. The quantitative estimate of drug-likeness (QED) is 0.416. The molecule has 0 heterocycles. The lowest BCUT2D eigenvalue weighted by Crippen LogP contribution is -2.30. The molecule has 0 spiro atoms. The first-order chi connectivity index (χ1) is 3.75. The molecule has 0 aromatic carbocycles. The van der Waals surface area contributed by atoms with Gasteiger partial charge < -0.3 is 0 Å². The maximum Gasteiger partial charge on any atom is 0.0231 e. The molecule has 0 aliphatic heterocycles. The second-order valence-electron chi connectivity index (χ2n) is 2.85. The Morgan fingerprint density at radius 3 is 2.25 bits per heavy atom. The predicted molar refractivity (Wildman–Crippen MR) is 35.3 cm³/mol. The maximum absolute atomic E-state index is 5.24. The van der Waals surface area contributed by atoms with Gasteiger partial charge in [0.25, 0.3) is 0 Å². The molecule has 0 aromatic rings. The van der Waals surface area contributed by atoms with Gasteiger partial charge in [-0.2, -0.15) is 0 Å². The SMILES string of the molecule is C#CC1CC(C)C1C. The summed E-state index contributed by atoms with van der Waals surface area (Å²) >= 11 is 0. The van der Waals surface area contributed by atoms with E-state index in [-0.39, 0.29) is 0 Å². The van der Waals surface area contributed by atoms with E-state index in [0.717, 1.165) is 11.8 Å². The van der Waals surface area contributed by atoms with Crippen LogP contribution in [0.4, 0.5) is 0 Å². The van der Waals surface area contributed by atoms with Crippen molar-refractivity contribution in [1.82, 2.24) is 0 Å². The van der Waals surface area contributed by atoms with Gasteiger partial charge in [0, 0.05) is 5.92 Å². The Morgan fingerprint density at radius 2 is 2.12 bits per heavy atom. The van der Waals surface area contributed by atoms with Crippen LogP contribution in [0.2, 0.25) is 0 Å². The molecule has 1 aliphatic carbocycles. The minimum Gasteiger partial charge on any atom is -0.120 e. The van der Waals surface area contributed by atoms with Crippen molar-refractivity contribution in [3.05, 3.63) is 0 Å². The lowest BCUT2D eigenvalue weighted by atomic mass is 9.67. The molecule has 3 unspecified atom stereocenters. The van der Waals surface area contributed by atoms with Crippen molar-refractivity contribution in [1.29, 1.82) is 0 Å². The molecule has 1 saturated carbocycles. The lowest BCUT2D eigenvalue weighted by Gasteiger charge is -2.37. The van der Waals surface area contributed by atoms with Gasteiger partial charge >= 0.3 is 0 Å². The van der Waals surface area contributed by atoms with Crippen LogP contribution in [0.3, 0.4) is 0 Å². The maximum atomic E-state index is 5.24. The van der Waals surface area contributed by atoms with E-state index in [0.29, 0.717) is 5.92 Å². The van der Waals surface area contributed by atoms with Gasteiger partial charge in [-0.15, -0.1) is 12.3 Å². The number of hydrogen-bond donors (Lipinski definition) is 0. The summed E-state index contributed by atoms with van der Waals surface area (Å²) < 4.78 is 0. The minimum atomic E-state index is 0.588. The molecule has 8 heavy (non-hydrogen) atoms. The lowest BCUT2D eigenvalue weighted by molar-refractivity contribution is 0.153. The van der Waals surface area contributed by atoms with Gasteiger partial charge in [-0.1, -0.05) is 13.8 Å². The zero-order chi connectivity index (χ0) is 6.15. The van der Waals surface area contributed by atoms with Crippen molar-refractivity contribution in [2.45, 2.75) is 20.3 Å². The van der Waals surface area contributed by atoms with Crippen LogP contribution in [0.15, 0.2) is 0 Å². The van der Waals surface area contributed by atoms with Crippen molar-refractivity contribution >= 4 is 0 Å². The van der Waals surface area contributed by atoms with Crippen LogP contribution in [0, 0.1) is 30.1 Å². The van der Waals surface area contributed by atoms with E-state index in [1.165, 1.54) is 6.42 Å². The van der Waals surface area contributed by atoms with Crippen LogP contribution in [0.5, 0.6) is 0 Å². The molecule has 0 aromatic heterocycles. The number of terminal acetylenes is 1. The first kappa shape index (κ1) is 5.69. The Bertz CT molecular complexity index is 118. The molecule has 0 N–H and O–H groups in total. The van der Waals surface area contributed by atoms with Crippen molar-refractivity contribution in [3.63, 3.8) is 0 Å². The summed E-state index contributed by atoms with van der Waals surface area (Å²) in [6.07, 6.45) is 6.48. The predicted octanol–water partition coefficient (Wildman–Crippen LogP) is 1.91. The van der Waals surface area contributed by atoms with Crippen LogP contribution < -0.4 is 0 Å². The molecule has 44 valence electrons. The van der Waals surface area contributed by atoms with Crippen molar-refractivity contribution in [2.75, 3.05) is 0 Å². The molecule has 1 fully saturated rings. The molecule has 0 radical (unpaired) electrons. The Balaban J connectivity index is 2.39. The van der Waals surface area contributed by atoms with Gasteiger partial charge in [0.2, 0.25) is 0 Å². The molecular formula is C8H12. The topological polar surface area (TPSA) is 0 Å². The molecule has 3 atom stereocenters. The fraction of sp³-hybridized carbons (Fsp3) is 0.750. The average Bonchev–Trinajstić information content (AvgIpc) is 1.81. The fourth-order valence-corrected chi connectivity index (χ4v) is 1.25. The van der Waals surface area contributed by atoms with Crippen molar-refractivity contribution in [2.24, 2.45) is 17.8 Å². The van der Waals surface area contributed by atoms with E-state index in [4.69, 9.17) is 6.42 Å². The molecule has 0 amide bonds. The van der Waals surface area contributed by atoms with Gasteiger partial charge in [-0.25, -0.2) is 0 Å². The van der Waals surface area contributed by atoms with E-state index in [2.05, 4.69) is 19.8 Å². The highest BCUT2D eigenvalue weighted by molar-refractivity contribution is 5.03. The van der Waals surface area contributed by atoms with Crippen LogP contribution in [-0.4, -0.2) is 0 Å². The molecule has 0 bridgehead atoms. The summed E-state index contributed by atoms with van der Waals surface area (Å²) in [4.78, 5) is 0. The third-order valence-corrected chi connectivity index (χ3v) is 2.37. The summed E-state index contributed by atoms with van der Waals surface area (Å²) in [7, 11) is 0. The summed E-state index contributed by atoms with van der Waals surface area (Å²) in [5.74, 6) is 5.02. The normalized spacial score (nSPS) is 44.9. The van der Waals surface area contributed by atoms with E-state index < -0.39 is 0 Å². The average molecular weight is 108 g/mol. The third kappa shape index (κ3) is 0.629. The van der Waals surface area contributed by atoms with E-state index >= 15 is 0 Å². The van der Waals surface area contributed by atoms with E-state index in [1.807, 2.05) is 0 Å². The van der Waals surface area contributed by atoms with Gasteiger partial charge in [0.05, 0.1) is 0 Å². The van der Waals surface area contributed by atoms with Crippen LogP contribution in [0.1, 0.15) is 20.3 Å². The second-order valence-corrected chi connectivity index (χ2v) is 2.85. The van der Waals surface area contributed by atoms with Crippen LogP contribution >= 0.6 is 0 Å². The summed E-state index contributed by atoms with van der Waals surface area (Å²) in [5, 5.41) is 0. The highest BCUT2D eigenvalue weighted by atomic mass is 14.4. The minimum absolute atomic E-state index is 0.588. The number of hydrogen-bond acceptors (Lipinski definition) is 0. The summed E-state index contributed by atoms with van der Waals surface area (Å²) in [6.45, 7) is 4.50. The Kier molecular flexibility index (Phi) is 1.29. The molecule has 0 saturated heterocycles. The molecule has 0 nitrogen and oxygen atoms in total. The zero-order valence-electron chi connectivity index (χ0n) is 5.52. The van der Waals surface area contributed by atoms with Gasteiger partial charge in [-0.05, 0) is 18.3 Å². The Morgan fingerprint density at radius 1 is 1.50 bits per heavy atom. The van der Waals surface area contributed by atoms with Crippen molar-refractivity contribution < 1.29 is 0 Å². The standard InChI is InChI=1S/C8H12/c1-4-8-5-6(2)7(8)3/h1,6-8H,5H2,2-3H3. The van der Waals surface area contributed by atoms with Gasteiger partial charge in [0.15, 0.2) is 0 Å². The van der Waals surface area contributed by atoms with E-state index in [1.54, 1.807) is 0 Å². The molecular weight excluding hydrogens is 96.1 g/mol. The first-order valence-corrected chi connectivity index (χ1v) is 3.22. The molecule has 1 rings (SSSR count). The first-order valence-electron chi connectivity index (χ1n) is 3.22. The summed E-state index contributed by atoms with van der Waals surface area (Å²) in [6, 6.07) is 0. The zero-order valence-corrected chi connectivity index (χ0v) is 5.52. The number of rotatable bonds is 0. The smallest absolute Gasteiger partial charge is 0.0231 e. The largest absolute Gasteiger partial charge is 0.120 e. The Labute approximate surface area is 51.3 Å². The fourth-order valence-electron chi connectivity index (χ4n) is 1.25. The Hall–Kier alpha value is -0.440. The van der Waals surface area contributed by atoms with Gasteiger partial charge in [0.1, 0.15) is 0 Å². The highest BCUT2D eigenvalue weighted by Gasteiger charge is 2.32. The van der Waals surface area contributed by atoms with Crippen LogP contribution in [0.25, 0.3) is 0 Å².